The monoisotopic (exact) mass is 349 g/mol. The van der Waals surface area contributed by atoms with Crippen molar-refractivity contribution >= 4 is 5.91 Å². The molecule has 0 radical (unpaired) electrons. The highest BCUT2D eigenvalue weighted by Gasteiger charge is 2.37. The topological polar surface area (TPSA) is 38.1 Å². The van der Waals surface area contributed by atoms with Gasteiger partial charge in [0.15, 0.2) is 0 Å². The molecular formula is C22H27N3O. The average molecular weight is 349 g/mol. The molecule has 1 amide bonds. The summed E-state index contributed by atoms with van der Waals surface area (Å²) in [5.41, 5.74) is 3.75. The molecule has 1 aromatic heterocycles. The first-order chi connectivity index (χ1) is 12.8. The van der Waals surface area contributed by atoms with Crippen LogP contribution in [0.2, 0.25) is 0 Å². The molecule has 1 atom stereocenters. The van der Waals surface area contributed by atoms with E-state index in [0.717, 1.165) is 18.8 Å². The Kier molecular flexibility index (Phi) is 4.07. The van der Waals surface area contributed by atoms with E-state index in [9.17, 15) is 4.79 Å². The Bertz CT molecular complexity index is 787. The zero-order valence-corrected chi connectivity index (χ0v) is 15.3. The fourth-order valence-corrected chi connectivity index (χ4v) is 4.92. The van der Waals surface area contributed by atoms with Crippen molar-refractivity contribution < 1.29 is 4.79 Å². The predicted octanol–water partition coefficient (Wildman–Crippen LogP) is 4.22. The first-order valence-corrected chi connectivity index (χ1v) is 10.2. The van der Waals surface area contributed by atoms with E-state index in [1.54, 1.807) is 0 Å². The Balaban J connectivity index is 1.36. The number of imidazole rings is 1. The van der Waals surface area contributed by atoms with Gasteiger partial charge in [0.2, 0.25) is 5.91 Å². The van der Waals surface area contributed by atoms with Crippen LogP contribution in [0.15, 0.2) is 36.7 Å². The van der Waals surface area contributed by atoms with Gasteiger partial charge in [0, 0.05) is 48.6 Å². The van der Waals surface area contributed by atoms with Crippen molar-refractivity contribution in [3.63, 3.8) is 0 Å². The molecule has 3 fully saturated rings. The number of benzene rings is 1. The van der Waals surface area contributed by atoms with Crippen molar-refractivity contribution in [2.45, 2.75) is 63.5 Å². The molecule has 1 saturated heterocycles. The number of nitrogens with zero attached hydrogens (tertiary/aromatic N) is 3. The van der Waals surface area contributed by atoms with E-state index in [2.05, 4.69) is 39.8 Å². The lowest BCUT2D eigenvalue weighted by molar-refractivity contribution is -0.129. The summed E-state index contributed by atoms with van der Waals surface area (Å²) in [6.07, 6.45) is 10.2. The van der Waals surface area contributed by atoms with E-state index in [1.807, 2.05) is 6.33 Å². The summed E-state index contributed by atoms with van der Waals surface area (Å²) in [5.74, 6) is 1.45. The van der Waals surface area contributed by atoms with Gasteiger partial charge in [0.25, 0.3) is 0 Å². The molecule has 136 valence electrons. The molecule has 3 aliphatic rings. The van der Waals surface area contributed by atoms with Crippen LogP contribution in [0.1, 0.15) is 56.6 Å². The van der Waals surface area contributed by atoms with Gasteiger partial charge in [-0.2, -0.15) is 0 Å². The lowest BCUT2D eigenvalue weighted by Crippen LogP contribution is -2.34. The second kappa shape index (κ2) is 6.57. The van der Waals surface area contributed by atoms with E-state index < -0.39 is 0 Å². The van der Waals surface area contributed by atoms with Crippen LogP contribution in [0.4, 0.5) is 0 Å². The summed E-state index contributed by atoms with van der Waals surface area (Å²) in [4.78, 5) is 19.5. The van der Waals surface area contributed by atoms with Gasteiger partial charge in [-0.25, -0.2) is 4.98 Å². The normalized spacial score (nSPS) is 23.9. The summed E-state index contributed by atoms with van der Waals surface area (Å²) in [7, 11) is 0. The molecule has 0 spiro atoms. The molecule has 1 aliphatic heterocycles. The van der Waals surface area contributed by atoms with Crippen LogP contribution in [-0.2, 0) is 11.3 Å². The first-order valence-electron chi connectivity index (χ1n) is 10.2. The van der Waals surface area contributed by atoms with Gasteiger partial charge in [-0.1, -0.05) is 43.2 Å². The molecule has 2 aromatic rings. The zero-order valence-electron chi connectivity index (χ0n) is 15.3. The van der Waals surface area contributed by atoms with Gasteiger partial charge in [0.05, 0.1) is 12.0 Å². The van der Waals surface area contributed by atoms with E-state index in [0.29, 0.717) is 30.2 Å². The zero-order chi connectivity index (χ0) is 17.5. The van der Waals surface area contributed by atoms with Crippen LogP contribution in [-0.4, -0.2) is 32.9 Å². The molecule has 5 rings (SSSR count). The van der Waals surface area contributed by atoms with Crippen molar-refractivity contribution in [2.75, 3.05) is 6.54 Å². The van der Waals surface area contributed by atoms with E-state index in [-0.39, 0.29) is 0 Å². The molecule has 4 heteroatoms. The predicted molar refractivity (Wildman–Crippen MR) is 102 cm³/mol. The number of likely N-dealkylation sites (tertiary alicyclic amines) is 1. The van der Waals surface area contributed by atoms with Crippen LogP contribution >= 0.6 is 0 Å². The Morgan fingerprint density at radius 2 is 1.81 bits per heavy atom. The fourth-order valence-electron chi connectivity index (χ4n) is 4.92. The van der Waals surface area contributed by atoms with Crippen molar-refractivity contribution in [1.29, 1.82) is 0 Å². The maximum Gasteiger partial charge on any atom is 0.223 e. The fraction of sp³-hybridized carbons (Fsp3) is 0.545. The van der Waals surface area contributed by atoms with Crippen LogP contribution < -0.4 is 0 Å². The Hall–Kier alpha value is -2.10. The summed E-state index contributed by atoms with van der Waals surface area (Å²) >= 11 is 0. The third kappa shape index (κ3) is 2.95. The minimum absolute atomic E-state index is 0.373. The van der Waals surface area contributed by atoms with Crippen molar-refractivity contribution in [3.8, 4) is 11.3 Å². The SMILES string of the molecule is O=C1C[C@H](Cn2cnc(-c3ccccc3)c2C2CC2)CN1C1CCCC1. The Morgan fingerprint density at radius 3 is 2.54 bits per heavy atom. The van der Waals surface area contributed by atoms with Gasteiger partial charge >= 0.3 is 0 Å². The summed E-state index contributed by atoms with van der Waals surface area (Å²) in [5, 5.41) is 0. The highest BCUT2D eigenvalue weighted by Crippen LogP contribution is 2.44. The number of aromatic nitrogens is 2. The van der Waals surface area contributed by atoms with Crippen molar-refractivity contribution in [1.82, 2.24) is 14.5 Å². The summed E-state index contributed by atoms with van der Waals surface area (Å²) in [6.45, 7) is 1.87. The van der Waals surface area contributed by atoms with E-state index >= 15 is 0 Å². The van der Waals surface area contributed by atoms with Gasteiger partial charge in [0.1, 0.15) is 0 Å². The minimum Gasteiger partial charge on any atom is -0.339 e. The maximum atomic E-state index is 12.5. The second-order valence-electron chi connectivity index (χ2n) is 8.33. The summed E-state index contributed by atoms with van der Waals surface area (Å²) < 4.78 is 2.36. The third-order valence-electron chi connectivity index (χ3n) is 6.35. The van der Waals surface area contributed by atoms with Crippen molar-refractivity contribution in [2.24, 2.45) is 5.92 Å². The van der Waals surface area contributed by atoms with Gasteiger partial charge in [-0.3, -0.25) is 4.79 Å². The highest BCUT2D eigenvalue weighted by atomic mass is 16.2. The highest BCUT2D eigenvalue weighted by molar-refractivity contribution is 5.79. The van der Waals surface area contributed by atoms with E-state index in [1.165, 1.54) is 49.8 Å². The molecule has 2 heterocycles. The lowest BCUT2D eigenvalue weighted by atomic mass is 10.1. The number of hydrogen-bond donors (Lipinski definition) is 0. The molecule has 4 nitrogen and oxygen atoms in total. The number of carbonyl (C=O) groups is 1. The molecule has 26 heavy (non-hydrogen) atoms. The number of hydrogen-bond acceptors (Lipinski definition) is 2. The standard InChI is InChI=1S/C22H27N3O/c26-20-12-16(14-25(20)19-8-4-5-9-19)13-24-15-23-21(22(24)18-10-11-18)17-6-2-1-3-7-17/h1-3,6-7,15-16,18-19H,4-5,8-14H2/t16-/m1/s1. The van der Waals surface area contributed by atoms with Gasteiger partial charge in [-0.15, -0.1) is 0 Å². The minimum atomic E-state index is 0.373. The average Bonchev–Trinajstić information content (AvgIpc) is 3.06. The third-order valence-corrected chi connectivity index (χ3v) is 6.35. The van der Waals surface area contributed by atoms with Crippen molar-refractivity contribution in [3.05, 3.63) is 42.4 Å². The number of carbonyl (C=O) groups excluding carboxylic acids is 1. The smallest absolute Gasteiger partial charge is 0.223 e. The van der Waals surface area contributed by atoms with Gasteiger partial charge in [-0.05, 0) is 25.7 Å². The number of amides is 1. The largest absolute Gasteiger partial charge is 0.339 e. The number of rotatable bonds is 5. The molecule has 0 bridgehead atoms. The lowest BCUT2D eigenvalue weighted by Gasteiger charge is -2.24. The second-order valence-corrected chi connectivity index (χ2v) is 8.33. The van der Waals surface area contributed by atoms with Gasteiger partial charge < -0.3 is 9.47 Å². The van der Waals surface area contributed by atoms with Crippen LogP contribution in [0, 0.1) is 5.92 Å². The summed E-state index contributed by atoms with van der Waals surface area (Å²) in [6, 6.07) is 11.0. The molecular weight excluding hydrogens is 322 g/mol. The molecule has 0 N–H and O–H groups in total. The quantitative estimate of drug-likeness (QED) is 0.811. The first kappa shape index (κ1) is 16.1. The Morgan fingerprint density at radius 1 is 1.04 bits per heavy atom. The van der Waals surface area contributed by atoms with Crippen LogP contribution in [0.3, 0.4) is 0 Å². The molecule has 2 saturated carbocycles. The van der Waals surface area contributed by atoms with E-state index in [4.69, 9.17) is 4.98 Å². The molecule has 1 aromatic carbocycles. The van der Waals surface area contributed by atoms with Crippen LogP contribution in [0.5, 0.6) is 0 Å². The molecule has 2 aliphatic carbocycles. The maximum absolute atomic E-state index is 12.5. The van der Waals surface area contributed by atoms with Crippen LogP contribution in [0.25, 0.3) is 11.3 Å². The Labute approximate surface area is 155 Å². The molecule has 0 unspecified atom stereocenters.